The van der Waals surface area contributed by atoms with Gasteiger partial charge in [-0.2, -0.15) is 11.8 Å². The fraction of sp³-hybridized carbons (Fsp3) is 0.600. The van der Waals surface area contributed by atoms with E-state index in [1.807, 2.05) is 31.4 Å². The molecular weight excluding hydrogens is 382 g/mol. The standard InChI is InChI=1S/C20H31N3O2S.ClH/c1-14-6-7-16(12-15(14)2)23-19(25)20(9-4-5-10-20)13-22-18(24)17(21)8-11-26-3;/h6-7,12,17H,4-5,8-11,13,21H2,1-3H3,(H,22,24)(H,23,25);1H/t17-;/m0./s1. The Labute approximate surface area is 173 Å². The molecule has 1 saturated carbocycles. The van der Waals surface area contributed by atoms with Crippen molar-refractivity contribution in [3.8, 4) is 0 Å². The number of carbonyl (C=O) groups is 2. The lowest BCUT2D eigenvalue weighted by Crippen LogP contribution is -2.48. The molecule has 1 aromatic carbocycles. The van der Waals surface area contributed by atoms with Gasteiger partial charge in [-0.05, 0) is 68.4 Å². The van der Waals surface area contributed by atoms with Crippen LogP contribution in [0, 0.1) is 19.3 Å². The van der Waals surface area contributed by atoms with Gasteiger partial charge < -0.3 is 16.4 Å². The van der Waals surface area contributed by atoms with E-state index in [-0.39, 0.29) is 24.2 Å². The summed E-state index contributed by atoms with van der Waals surface area (Å²) in [5.74, 6) is 0.688. The van der Waals surface area contributed by atoms with E-state index in [2.05, 4.69) is 17.6 Å². The quantitative estimate of drug-likeness (QED) is 0.609. The molecular formula is C20H32ClN3O2S. The molecule has 152 valence electrons. The van der Waals surface area contributed by atoms with Crippen molar-refractivity contribution < 1.29 is 9.59 Å². The Morgan fingerprint density at radius 1 is 1.22 bits per heavy atom. The molecule has 1 fully saturated rings. The van der Waals surface area contributed by atoms with E-state index >= 15 is 0 Å². The van der Waals surface area contributed by atoms with Crippen LogP contribution in [-0.4, -0.2) is 36.4 Å². The summed E-state index contributed by atoms with van der Waals surface area (Å²) >= 11 is 1.67. The maximum atomic E-state index is 13.0. The Hall–Kier alpha value is -1.24. The number of amides is 2. The molecule has 0 saturated heterocycles. The van der Waals surface area contributed by atoms with Gasteiger partial charge in [0.15, 0.2) is 0 Å². The lowest BCUT2D eigenvalue weighted by molar-refractivity contribution is -0.127. The van der Waals surface area contributed by atoms with Crippen molar-refractivity contribution in [1.29, 1.82) is 0 Å². The number of aryl methyl sites for hydroxylation is 2. The van der Waals surface area contributed by atoms with Gasteiger partial charge in [0.1, 0.15) is 0 Å². The van der Waals surface area contributed by atoms with Gasteiger partial charge in [0.2, 0.25) is 11.8 Å². The number of rotatable bonds is 8. The van der Waals surface area contributed by atoms with E-state index in [9.17, 15) is 9.59 Å². The molecule has 0 radical (unpaired) electrons. The molecule has 2 amide bonds. The second kappa shape index (κ2) is 10.9. The fourth-order valence-corrected chi connectivity index (χ4v) is 3.87. The van der Waals surface area contributed by atoms with Crippen LogP contribution >= 0.6 is 24.2 Å². The summed E-state index contributed by atoms with van der Waals surface area (Å²) in [5.41, 5.74) is 8.56. The van der Waals surface area contributed by atoms with Crippen LogP contribution in [0.5, 0.6) is 0 Å². The van der Waals surface area contributed by atoms with Crippen molar-refractivity contribution in [1.82, 2.24) is 5.32 Å². The van der Waals surface area contributed by atoms with E-state index in [1.165, 1.54) is 5.56 Å². The third-order valence-electron chi connectivity index (χ3n) is 5.38. The van der Waals surface area contributed by atoms with Gasteiger partial charge in [0.05, 0.1) is 11.5 Å². The smallest absolute Gasteiger partial charge is 0.236 e. The van der Waals surface area contributed by atoms with E-state index in [0.717, 1.165) is 42.7 Å². The molecule has 0 heterocycles. The number of anilines is 1. The first-order valence-electron chi connectivity index (χ1n) is 9.29. The number of benzene rings is 1. The maximum absolute atomic E-state index is 13.0. The van der Waals surface area contributed by atoms with E-state index < -0.39 is 11.5 Å². The minimum atomic E-state index is -0.534. The zero-order chi connectivity index (χ0) is 19.2. The first-order chi connectivity index (χ1) is 12.4. The van der Waals surface area contributed by atoms with Crippen LogP contribution in [0.1, 0.15) is 43.2 Å². The summed E-state index contributed by atoms with van der Waals surface area (Å²) in [5, 5.41) is 5.98. The first kappa shape index (κ1) is 23.8. The lowest BCUT2D eigenvalue weighted by atomic mass is 9.84. The molecule has 1 aliphatic rings. The fourth-order valence-electron chi connectivity index (χ4n) is 3.38. The molecule has 0 aliphatic heterocycles. The van der Waals surface area contributed by atoms with Crippen molar-refractivity contribution >= 4 is 41.7 Å². The third kappa shape index (κ3) is 6.40. The van der Waals surface area contributed by atoms with Crippen molar-refractivity contribution in [2.24, 2.45) is 11.1 Å². The second-order valence-corrected chi connectivity index (χ2v) is 8.33. The monoisotopic (exact) mass is 413 g/mol. The highest BCUT2D eigenvalue weighted by molar-refractivity contribution is 7.98. The van der Waals surface area contributed by atoms with Crippen LogP contribution in [-0.2, 0) is 9.59 Å². The molecule has 1 aromatic rings. The Morgan fingerprint density at radius 3 is 2.48 bits per heavy atom. The van der Waals surface area contributed by atoms with Gasteiger partial charge in [-0.1, -0.05) is 18.9 Å². The maximum Gasteiger partial charge on any atom is 0.236 e. The number of halogens is 1. The highest BCUT2D eigenvalue weighted by atomic mass is 35.5. The second-order valence-electron chi connectivity index (χ2n) is 7.35. The molecule has 0 bridgehead atoms. The SMILES string of the molecule is CSCC[C@H](N)C(=O)NCC1(C(=O)Nc2ccc(C)c(C)c2)CCCC1.Cl. The molecule has 0 spiro atoms. The van der Waals surface area contributed by atoms with Gasteiger partial charge >= 0.3 is 0 Å². The molecule has 4 N–H and O–H groups in total. The highest BCUT2D eigenvalue weighted by Gasteiger charge is 2.41. The first-order valence-corrected chi connectivity index (χ1v) is 10.7. The van der Waals surface area contributed by atoms with Crippen LogP contribution in [0.2, 0.25) is 0 Å². The van der Waals surface area contributed by atoms with Crippen LogP contribution in [0.3, 0.4) is 0 Å². The molecule has 1 aliphatic carbocycles. The predicted molar refractivity (Wildman–Crippen MR) is 117 cm³/mol. The minimum absolute atomic E-state index is 0. The molecule has 1 atom stereocenters. The van der Waals surface area contributed by atoms with Crippen molar-refractivity contribution in [2.75, 3.05) is 23.9 Å². The summed E-state index contributed by atoms with van der Waals surface area (Å²) in [7, 11) is 0. The zero-order valence-electron chi connectivity index (χ0n) is 16.5. The molecule has 7 heteroatoms. The summed E-state index contributed by atoms with van der Waals surface area (Å²) in [6.45, 7) is 4.44. The number of hydrogen-bond acceptors (Lipinski definition) is 4. The van der Waals surface area contributed by atoms with Gasteiger partial charge in [-0.3, -0.25) is 9.59 Å². The van der Waals surface area contributed by atoms with Gasteiger partial charge in [-0.15, -0.1) is 12.4 Å². The highest BCUT2D eigenvalue weighted by Crippen LogP contribution is 2.38. The Bertz CT molecular complexity index is 648. The van der Waals surface area contributed by atoms with Gasteiger partial charge in [-0.25, -0.2) is 0 Å². The van der Waals surface area contributed by atoms with Crippen molar-refractivity contribution in [3.05, 3.63) is 29.3 Å². The number of hydrogen-bond donors (Lipinski definition) is 3. The summed E-state index contributed by atoms with van der Waals surface area (Å²) in [6, 6.07) is 5.43. The normalized spacial score (nSPS) is 16.3. The van der Waals surface area contributed by atoms with Gasteiger partial charge in [0.25, 0.3) is 0 Å². The summed E-state index contributed by atoms with van der Waals surface area (Å²) < 4.78 is 0. The Balaban J connectivity index is 0.00000364. The third-order valence-corrected chi connectivity index (χ3v) is 6.02. The zero-order valence-corrected chi connectivity index (χ0v) is 18.1. The Morgan fingerprint density at radius 2 is 1.89 bits per heavy atom. The number of nitrogens with one attached hydrogen (secondary N) is 2. The molecule has 27 heavy (non-hydrogen) atoms. The average Bonchev–Trinajstić information content (AvgIpc) is 3.11. The molecule has 0 unspecified atom stereocenters. The van der Waals surface area contributed by atoms with Crippen LogP contribution in [0.15, 0.2) is 18.2 Å². The van der Waals surface area contributed by atoms with E-state index in [1.54, 1.807) is 11.8 Å². The van der Waals surface area contributed by atoms with E-state index in [4.69, 9.17) is 5.73 Å². The average molecular weight is 414 g/mol. The number of thioether (sulfide) groups is 1. The Kier molecular flexibility index (Phi) is 9.63. The lowest BCUT2D eigenvalue weighted by Gasteiger charge is -2.28. The largest absolute Gasteiger partial charge is 0.354 e. The molecule has 5 nitrogen and oxygen atoms in total. The van der Waals surface area contributed by atoms with Crippen LogP contribution < -0.4 is 16.4 Å². The predicted octanol–water partition coefficient (Wildman–Crippen LogP) is 3.42. The molecule has 0 aromatic heterocycles. The summed E-state index contributed by atoms with van der Waals surface area (Å²) in [4.78, 5) is 25.2. The van der Waals surface area contributed by atoms with Gasteiger partial charge in [0, 0.05) is 12.2 Å². The minimum Gasteiger partial charge on any atom is -0.354 e. The van der Waals surface area contributed by atoms with Crippen LogP contribution in [0.25, 0.3) is 0 Å². The van der Waals surface area contributed by atoms with Crippen molar-refractivity contribution in [3.63, 3.8) is 0 Å². The molecule has 2 rings (SSSR count). The number of carbonyl (C=O) groups excluding carboxylic acids is 2. The summed E-state index contributed by atoms with van der Waals surface area (Å²) in [6.07, 6.45) is 6.25. The van der Waals surface area contributed by atoms with E-state index in [0.29, 0.717) is 13.0 Å². The topological polar surface area (TPSA) is 84.2 Å². The van der Waals surface area contributed by atoms with Crippen molar-refractivity contribution in [2.45, 2.75) is 52.0 Å². The number of nitrogens with two attached hydrogens (primary N) is 1. The van der Waals surface area contributed by atoms with Crippen LogP contribution in [0.4, 0.5) is 5.69 Å².